The van der Waals surface area contributed by atoms with E-state index in [1.165, 1.54) is 0 Å². The minimum atomic E-state index is -0.321. The zero-order valence-electron chi connectivity index (χ0n) is 6.92. The molecule has 0 saturated carbocycles. The van der Waals surface area contributed by atoms with Crippen molar-refractivity contribution in [3.8, 4) is 0 Å². The molecule has 0 aliphatic heterocycles. The molecular formula is C9H14Br2O. The van der Waals surface area contributed by atoms with Gasteiger partial charge < -0.3 is 5.11 Å². The molecule has 1 atom stereocenters. The minimum absolute atomic E-state index is 0.00203. The number of hydrogen-bond donors (Lipinski definition) is 1. The van der Waals surface area contributed by atoms with Crippen LogP contribution in [0, 0.1) is 0 Å². The quantitative estimate of drug-likeness (QED) is 0.589. The average molecular weight is 298 g/mol. The van der Waals surface area contributed by atoms with Crippen molar-refractivity contribution >= 4 is 31.9 Å². The van der Waals surface area contributed by atoms with Crippen molar-refractivity contribution < 1.29 is 5.11 Å². The molecule has 0 aromatic carbocycles. The van der Waals surface area contributed by atoms with E-state index in [0.717, 1.165) is 19.3 Å². The van der Waals surface area contributed by atoms with Crippen LogP contribution in [0.25, 0.3) is 0 Å². The summed E-state index contributed by atoms with van der Waals surface area (Å²) in [7, 11) is 0. The van der Waals surface area contributed by atoms with Crippen LogP contribution in [0.5, 0.6) is 0 Å². The van der Waals surface area contributed by atoms with Gasteiger partial charge in [-0.25, -0.2) is 0 Å². The van der Waals surface area contributed by atoms with Gasteiger partial charge in [0.2, 0.25) is 0 Å². The van der Waals surface area contributed by atoms with Gasteiger partial charge in [-0.1, -0.05) is 50.1 Å². The third-order valence-corrected chi connectivity index (χ3v) is 2.61. The van der Waals surface area contributed by atoms with Crippen LogP contribution in [0.3, 0.4) is 0 Å². The second-order valence-electron chi connectivity index (χ2n) is 2.47. The summed E-state index contributed by atoms with van der Waals surface area (Å²) in [6.07, 6.45) is 8.23. The molecule has 1 unspecified atom stereocenters. The highest BCUT2D eigenvalue weighted by Gasteiger charge is 2.09. The maximum Gasteiger partial charge on any atom is 0.0956 e. The van der Waals surface area contributed by atoms with E-state index in [-0.39, 0.29) is 9.84 Å². The molecule has 1 nitrogen and oxygen atoms in total. The molecule has 12 heavy (non-hydrogen) atoms. The topological polar surface area (TPSA) is 20.2 Å². The molecule has 3 heteroatoms. The van der Waals surface area contributed by atoms with Crippen molar-refractivity contribution in [1.82, 2.24) is 0 Å². The molecule has 0 bridgehead atoms. The number of alkyl halides is 2. The van der Waals surface area contributed by atoms with Crippen LogP contribution in [0.4, 0.5) is 0 Å². The minimum Gasteiger partial charge on any atom is -0.391 e. The lowest BCUT2D eigenvalue weighted by molar-refractivity contribution is 0.186. The summed E-state index contributed by atoms with van der Waals surface area (Å²) in [6.45, 7) is 3.61. The summed E-state index contributed by atoms with van der Waals surface area (Å²) < 4.78 is -0.00203. The van der Waals surface area contributed by atoms with Gasteiger partial charge >= 0.3 is 0 Å². The zero-order chi connectivity index (χ0) is 9.40. The van der Waals surface area contributed by atoms with Crippen molar-refractivity contribution in [1.29, 1.82) is 0 Å². The first-order chi connectivity index (χ1) is 5.68. The van der Waals surface area contributed by atoms with E-state index in [9.17, 15) is 5.11 Å². The molecule has 1 N–H and O–H groups in total. The van der Waals surface area contributed by atoms with Crippen molar-refractivity contribution in [3.05, 3.63) is 24.8 Å². The lowest BCUT2D eigenvalue weighted by atomic mass is 10.2. The molecule has 0 aliphatic rings. The van der Waals surface area contributed by atoms with Gasteiger partial charge in [0, 0.05) is 0 Å². The SMILES string of the molecule is C=CC/C=C/CCC(O)C(Br)Br. The van der Waals surface area contributed by atoms with Crippen molar-refractivity contribution in [3.63, 3.8) is 0 Å². The number of rotatable bonds is 6. The molecule has 0 fully saturated rings. The Hall–Kier alpha value is 0.400. The highest BCUT2D eigenvalue weighted by Crippen LogP contribution is 2.16. The van der Waals surface area contributed by atoms with E-state index >= 15 is 0 Å². The smallest absolute Gasteiger partial charge is 0.0956 e. The van der Waals surface area contributed by atoms with Gasteiger partial charge in [0.1, 0.15) is 0 Å². The second kappa shape index (κ2) is 8.02. The molecule has 0 radical (unpaired) electrons. The fraction of sp³-hybridized carbons (Fsp3) is 0.556. The van der Waals surface area contributed by atoms with Gasteiger partial charge in [-0.05, 0) is 19.3 Å². The first-order valence-corrected chi connectivity index (χ1v) is 5.73. The Bertz CT molecular complexity index is 143. The van der Waals surface area contributed by atoms with E-state index in [4.69, 9.17) is 0 Å². The summed E-state index contributed by atoms with van der Waals surface area (Å²) in [4.78, 5) is 0. The lowest BCUT2D eigenvalue weighted by Crippen LogP contribution is -2.13. The Morgan fingerprint density at radius 1 is 1.33 bits per heavy atom. The molecule has 0 rings (SSSR count). The number of halogens is 2. The molecule has 0 aliphatic carbocycles. The van der Waals surface area contributed by atoms with Crippen LogP contribution in [0.15, 0.2) is 24.8 Å². The largest absolute Gasteiger partial charge is 0.391 e. The van der Waals surface area contributed by atoms with E-state index in [1.54, 1.807) is 0 Å². The molecule has 0 amide bonds. The third-order valence-electron chi connectivity index (χ3n) is 1.39. The Labute approximate surface area is 90.8 Å². The van der Waals surface area contributed by atoms with Crippen LogP contribution < -0.4 is 0 Å². The standard InChI is InChI=1S/C9H14Br2O/c1-2-3-4-5-6-7-8(12)9(10)11/h2,4-5,8-9,12H,1,3,6-7H2/b5-4+. The molecular weight excluding hydrogens is 284 g/mol. The maximum atomic E-state index is 9.34. The van der Waals surface area contributed by atoms with Gasteiger partial charge in [0.05, 0.1) is 9.84 Å². The molecule has 70 valence electrons. The second-order valence-corrected chi connectivity index (χ2v) is 5.68. The van der Waals surface area contributed by atoms with E-state index in [2.05, 4.69) is 50.6 Å². The highest BCUT2D eigenvalue weighted by atomic mass is 79.9. The van der Waals surface area contributed by atoms with E-state index < -0.39 is 0 Å². The average Bonchev–Trinajstić information content (AvgIpc) is 2.03. The first-order valence-electron chi connectivity index (χ1n) is 3.90. The van der Waals surface area contributed by atoms with Crippen LogP contribution in [-0.4, -0.2) is 14.9 Å². The van der Waals surface area contributed by atoms with Crippen molar-refractivity contribution in [2.75, 3.05) is 0 Å². The number of aliphatic hydroxyl groups excluding tert-OH is 1. The lowest BCUT2D eigenvalue weighted by Gasteiger charge is -2.08. The predicted octanol–water partition coefficient (Wildman–Crippen LogP) is 3.38. The van der Waals surface area contributed by atoms with Crippen molar-refractivity contribution in [2.24, 2.45) is 0 Å². The Morgan fingerprint density at radius 3 is 2.50 bits per heavy atom. The normalized spacial score (nSPS) is 14.0. The Morgan fingerprint density at radius 2 is 2.00 bits per heavy atom. The zero-order valence-corrected chi connectivity index (χ0v) is 10.1. The summed E-state index contributed by atoms with van der Waals surface area (Å²) in [5.41, 5.74) is 0. The van der Waals surface area contributed by atoms with Gasteiger partial charge in [0.15, 0.2) is 0 Å². The number of hydrogen-bond acceptors (Lipinski definition) is 1. The number of allylic oxidation sites excluding steroid dienone is 3. The number of aliphatic hydroxyl groups is 1. The van der Waals surface area contributed by atoms with Crippen LogP contribution >= 0.6 is 31.9 Å². The molecule has 0 aromatic heterocycles. The summed E-state index contributed by atoms with van der Waals surface area (Å²) in [6, 6.07) is 0. The highest BCUT2D eigenvalue weighted by molar-refractivity contribution is 9.24. The summed E-state index contributed by atoms with van der Waals surface area (Å²) in [5.74, 6) is 0. The van der Waals surface area contributed by atoms with Crippen LogP contribution in [0.2, 0.25) is 0 Å². The maximum absolute atomic E-state index is 9.34. The Kier molecular flexibility index (Phi) is 8.29. The monoisotopic (exact) mass is 296 g/mol. The van der Waals surface area contributed by atoms with Crippen LogP contribution in [-0.2, 0) is 0 Å². The third kappa shape index (κ3) is 7.07. The fourth-order valence-electron chi connectivity index (χ4n) is 0.703. The van der Waals surface area contributed by atoms with Gasteiger partial charge in [-0.15, -0.1) is 6.58 Å². The van der Waals surface area contributed by atoms with Crippen LogP contribution in [0.1, 0.15) is 19.3 Å². The van der Waals surface area contributed by atoms with Gasteiger partial charge in [0.25, 0.3) is 0 Å². The fourth-order valence-corrected chi connectivity index (χ4v) is 1.23. The summed E-state index contributed by atoms with van der Waals surface area (Å²) in [5, 5.41) is 9.34. The van der Waals surface area contributed by atoms with E-state index in [0.29, 0.717) is 0 Å². The van der Waals surface area contributed by atoms with Crippen molar-refractivity contribution in [2.45, 2.75) is 29.1 Å². The summed E-state index contributed by atoms with van der Waals surface area (Å²) >= 11 is 6.50. The first kappa shape index (κ1) is 12.4. The van der Waals surface area contributed by atoms with E-state index in [1.807, 2.05) is 6.08 Å². The molecule has 0 spiro atoms. The Balaban J connectivity index is 3.36. The predicted molar refractivity (Wildman–Crippen MR) is 60.8 cm³/mol. The molecule has 0 saturated heterocycles. The van der Waals surface area contributed by atoms with Gasteiger partial charge in [-0.3, -0.25) is 0 Å². The molecule has 0 aromatic rings. The molecule has 0 heterocycles. The van der Waals surface area contributed by atoms with Gasteiger partial charge in [-0.2, -0.15) is 0 Å².